The molecule has 0 fully saturated rings. The van der Waals surface area contributed by atoms with Crippen LogP contribution in [0.25, 0.3) is 20.2 Å². The molecule has 6 nitrogen and oxygen atoms in total. The number of rotatable bonds is 4. The number of nitrogens with one attached hydrogen (secondary N) is 3. The Kier molecular flexibility index (Phi) is 7.24. The van der Waals surface area contributed by atoms with E-state index < -0.39 is 11.8 Å². The number of aryl methyl sites for hydroxylation is 1. The van der Waals surface area contributed by atoms with Crippen LogP contribution in [-0.2, 0) is 0 Å². The summed E-state index contributed by atoms with van der Waals surface area (Å²) in [7, 11) is 0. The molecule has 3 N–H and O–H groups in total. The van der Waals surface area contributed by atoms with E-state index in [0.717, 1.165) is 30.2 Å². The molecule has 0 aliphatic rings. The van der Waals surface area contributed by atoms with Crippen LogP contribution in [0.4, 0.5) is 5.69 Å². The molecule has 5 aromatic rings. The summed E-state index contributed by atoms with van der Waals surface area (Å²) < 4.78 is 2.66. The summed E-state index contributed by atoms with van der Waals surface area (Å²) in [5, 5.41) is 5.14. The summed E-state index contributed by atoms with van der Waals surface area (Å²) in [4.78, 5) is 38.7. The van der Waals surface area contributed by atoms with E-state index in [9.17, 15) is 14.4 Å². The van der Waals surface area contributed by atoms with Gasteiger partial charge in [0.15, 0.2) is 0 Å². The van der Waals surface area contributed by atoms with Crippen molar-refractivity contribution in [2.75, 3.05) is 5.32 Å². The SMILES string of the molecule is Cc1ccc2c(Cl)c(C(=O)Nc3ccc(C(=O)NNC(=O)c4sc5cc(Br)ccc5c4Cl)cc3)sc2c1. The highest BCUT2D eigenvalue weighted by molar-refractivity contribution is 9.10. The lowest BCUT2D eigenvalue weighted by Gasteiger charge is -2.08. The summed E-state index contributed by atoms with van der Waals surface area (Å²) >= 11 is 18.7. The Morgan fingerprint density at radius 1 is 0.730 bits per heavy atom. The number of halogens is 3. The van der Waals surface area contributed by atoms with Gasteiger partial charge in [0, 0.05) is 35.9 Å². The monoisotopic (exact) mass is 631 g/mol. The zero-order chi connectivity index (χ0) is 26.3. The Balaban J connectivity index is 1.22. The Labute approximate surface area is 237 Å². The maximum Gasteiger partial charge on any atom is 0.281 e. The quantitative estimate of drug-likeness (QED) is 0.177. The van der Waals surface area contributed by atoms with Crippen molar-refractivity contribution >= 4 is 105 Å². The van der Waals surface area contributed by atoms with Gasteiger partial charge in [-0.2, -0.15) is 0 Å². The first-order chi connectivity index (χ1) is 17.7. The van der Waals surface area contributed by atoms with Crippen LogP contribution in [0.15, 0.2) is 65.1 Å². The first kappa shape index (κ1) is 25.7. The van der Waals surface area contributed by atoms with E-state index in [1.165, 1.54) is 34.8 Å². The molecule has 0 spiro atoms. The number of anilines is 1. The highest BCUT2D eigenvalue weighted by atomic mass is 79.9. The van der Waals surface area contributed by atoms with Gasteiger partial charge in [-0.15, -0.1) is 22.7 Å². The van der Waals surface area contributed by atoms with Gasteiger partial charge in [0.25, 0.3) is 17.7 Å². The van der Waals surface area contributed by atoms with E-state index in [2.05, 4.69) is 32.1 Å². The number of carbonyl (C=O) groups excluding carboxylic acids is 3. The lowest BCUT2D eigenvalue weighted by Crippen LogP contribution is -2.41. The average molecular weight is 633 g/mol. The molecule has 0 saturated heterocycles. The molecular formula is C26H16BrCl2N3O3S2. The summed E-state index contributed by atoms with van der Waals surface area (Å²) in [6.07, 6.45) is 0. The molecular weight excluding hydrogens is 617 g/mol. The molecule has 0 saturated carbocycles. The molecule has 2 heterocycles. The molecule has 0 atom stereocenters. The van der Waals surface area contributed by atoms with Gasteiger partial charge in [-0.05, 0) is 55.0 Å². The van der Waals surface area contributed by atoms with Crippen molar-refractivity contribution in [2.24, 2.45) is 0 Å². The highest BCUT2D eigenvalue weighted by Gasteiger charge is 2.19. The molecule has 2 aromatic heterocycles. The van der Waals surface area contributed by atoms with E-state index >= 15 is 0 Å². The van der Waals surface area contributed by atoms with Gasteiger partial charge in [0.1, 0.15) is 9.75 Å². The fraction of sp³-hybridized carbons (Fsp3) is 0.0385. The molecule has 3 aromatic carbocycles. The average Bonchev–Trinajstić information content (AvgIpc) is 3.38. The number of hydrogen-bond acceptors (Lipinski definition) is 5. The van der Waals surface area contributed by atoms with Crippen molar-refractivity contribution in [1.29, 1.82) is 0 Å². The minimum Gasteiger partial charge on any atom is -0.321 e. The van der Waals surface area contributed by atoms with Gasteiger partial charge in [0.05, 0.1) is 10.0 Å². The summed E-state index contributed by atoms with van der Waals surface area (Å²) in [6.45, 7) is 1.98. The molecule has 3 amide bonds. The predicted molar refractivity (Wildman–Crippen MR) is 155 cm³/mol. The van der Waals surface area contributed by atoms with Crippen LogP contribution >= 0.6 is 61.8 Å². The predicted octanol–water partition coefficient (Wildman–Crippen LogP) is 7.82. The molecule has 186 valence electrons. The topological polar surface area (TPSA) is 87.3 Å². The first-order valence-electron chi connectivity index (χ1n) is 10.8. The van der Waals surface area contributed by atoms with Crippen LogP contribution in [0.5, 0.6) is 0 Å². The summed E-state index contributed by atoms with van der Waals surface area (Å²) in [5.74, 6) is -1.37. The maximum absolute atomic E-state index is 12.8. The Bertz CT molecular complexity index is 1710. The standard InChI is InChI=1S/C26H16BrCl2N3O3S2/c1-12-2-8-16-18(10-12)36-22(20(16)28)25(34)30-15-6-3-13(4-7-15)24(33)31-32-26(35)23-21(29)17-9-5-14(27)11-19(17)37-23/h2-11H,1H3,(H,30,34)(H,31,33)(H,32,35). The van der Waals surface area contributed by atoms with Crippen molar-refractivity contribution < 1.29 is 14.4 Å². The third-order valence-corrected chi connectivity index (χ3v) is 9.29. The second kappa shape index (κ2) is 10.4. The zero-order valence-electron chi connectivity index (χ0n) is 18.9. The highest BCUT2D eigenvalue weighted by Crippen LogP contribution is 2.37. The van der Waals surface area contributed by atoms with Crippen LogP contribution in [-0.4, -0.2) is 17.7 Å². The van der Waals surface area contributed by atoms with Crippen molar-refractivity contribution in [1.82, 2.24) is 10.9 Å². The van der Waals surface area contributed by atoms with Crippen molar-refractivity contribution in [3.05, 3.63) is 96.1 Å². The third kappa shape index (κ3) is 5.23. The van der Waals surface area contributed by atoms with E-state index in [0.29, 0.717) is 31.1 Å². The lowest BCUT2D eigenvalue weighted by molar-refractivity contribution is 0.0849. The van der Waals surface area contributed by atoms with Gasteiger partial charge in [-0.3, -0.25) is 25.2 Å². The molecule has 0 aliphatic carbocycles. The van der Waals surface area contributed by atoms with E-state index in [4.69, 9.17) is 23.2 Å². The van der Waals surface area contributed by atoms with Gasteiger partial charge in [0.2, 0.25) is 0 Å². The van der Waals surface area contributed by atoms with E-state index in [1.807, 2.05) is 43.3 Å². The Hall–Kier alpha value is -2.95. The van der Waals surface area contributed by atoms with Crippen molar-refractivity contribution in [3.8, 4) is 0 Å². The van der Waals surface area contributed by atoms with Crippen LogP contribution in [0.2, 0.25) is 10.0 Å². The molecule has 0 bridgehead atoms. The van der Waals surface area contributed by atoms with Gasteiger partial charge < -0.3 is 5.32 Å². The molecule has 0 aliphatic heterocycles. The van der Waals surface area contributed by atoms with Crippen LogP contribution < -0.4 is 16.2 Å². The van der Waals surface area contributed by atoms with Crippen LogP contribution in [0, 0.1) is 6.92 Å². The minimum atomic E-state index is -0.519. The summed E-state index contributed by atoms with van der Waals surface area (Å²) in [6, 6.07) is 17.7. The molecule has 11 heteroatoms. The normalized spacial score (nSPS) is 11.0. The lowest BCUT2D eigenvalue weighted by atomic mass is 10.2. The Morgan fingerprint density at radius 3 is 1.97 bits per heavy atom. The molecule has 0 unspecified atom stereocenters. The number of thiophene rings is 2. The molecule has 0 radical (unpaired) electrons. The number of amides is 3. The summed E-state index contributed by atoms with van der Waals surface area (Å²) in [5.41, 5.74) is 6.66. The van der Waals surface area contributed by atoms with Gasteiger partial charge in [-0.1, -0.05) is 57.3 Å². The van der Waals surface area contributed by atoms with Crippen LogP contribution in [0.3, 0.4) is 0 Å². The van der Waals surface area contributed by atoms with E-state index in [1.54, 1.807) is 12.1 Å². The van der Waals surface area contributed by atoms with Crippen molar-refractivity contribution in [2.45, 2.75) is 6.92 Å². The minimum absolute atomic E-state index is 0.292. The zero-order valence-corrected chi connectivity index (χ0v) is 23.7. The van der Waals surface area contributed by atoms with Crippen molar-refractivity contribution in [3.63, 3.8) is 0 Å². The maximum atomic E-state index is 12.8. The third-order valence-electron chi connectivity index (χ3n) is 5.48. The first-order valence-corrected chi connectivity index (χ1v) is 14.0. The largest absolute Gasteiger partial charge is 0.321 e. The van der Waals surface area contributed by atoms with Crippen LogP contribution in [0.1, 0.15) is 35.3 Å². The fourth-order valence-electron chi connectivity index (χ4n) is 3.64. The molecule has 37 heavy (non-hydrogen) atoms. The second-order valence-electron chi connectivity index (χ2n) is 8.07. The number of hydrazine groups is 1. The number of hydrogen-bond donors (Lipinski definition) is 3. The second-order valence-corrected chi connectivity index (χ2v) is 11.8. The number of benzene rings is 3. The molecule has 5 rings (SSSR count). The fourth-order valence-corrected chi connectivity index (χ4v) is 7.11. The van der Waals surface area contributed by atoms with Gasteiger partial charge >= 0.3 is 0 Å². The van der Waals surface area contributed by atoms with E-state index in [-0.39, 0.29) is 5.91 Å². The number of carbonyl (C=O) groups is 3. The smallest absolute Gasteiger partial charge is 0.281 e. The van der Waals surface area contributed by atoms with Gasteiger partial charge in [-0.25, -0.2) is 0 Å². The Morgan fingerprint density at radius 2 is 1.30 bits per heavy atom. The number of fused-ring (bicyclic) bond motifs is 2.